The Morgan fingerprint density at radius 3 is 2.78 bits per heavy atom. The van der Waals surface area contributed by atoms with E-state index in [0.29, 0.717) is 4.51 Å². The predicted octanol–water partition coefficient (Wildman–Crippen LogP) is 1.89. The number of aryl methyl sites for hydroxylation is 1. The molecule has 0 N–H and O–H groups in total. The highest BCUT2D eigenvalue weighted by molar-refractivity contribution is 7.71. The van der Waals surface area contributed by atoms with Crippen LogP contribution in [0.4, 0.5) is 4.39 Å². The number of hydrogen-bond donors (Lipinski definition) is 0. The highest BCUT2D eigenvalue weighted by Crippen LogP contribution is 1.95. The van der Waals surface area contributed by atoms with Crippen LogP contribution < -0.4 is 0 Å². The zero-order valence-corrected chi connectivity index (χ0v) is 5.78. The molecule has 0 aromatic carbocycles. The van der Waals surface area contributed by atoms with Gasteiger partial charge in [-0.05, 0) is 6.07 Å². The molecule has 0 atom stereocenters. The van der Waals surface area contributed by atoms with Crippen molar-refractivity contribution in [3.8, 4) is 0 Å². The lowest BCUT2D eigenvalue weighted by Gasteiger charge is -1.96. The predicted molar refractivity (Wildman–Crippen MR) is 36.2 cm³/mol. The fourth-order valence-electron chi connectivity index (χ4n) is 0.524. The van der Waals surface area contributed by atoms with Crippen LogP contribution in [0.2, 0.25) is 0 Å². The molecule has 3 heteroatoms. The fourth-order valence-corrected chi connectivity index (χ4v) is 0.682. The van der Waals surface area contributed by atoms with Crippen molar-refractivity contribution in [1.29, 1.82) is 0 Å². The second kappa shape index (κ2) is 2.27. The summed E-state index contributed by atoms with van der Waals surface area (Å²) in [5.41, 5.74) is 0. The summed E-state index contributed by atoms with van der Waals surface area (Å²) in [5.74, 6) is -0.303. The second-order valence-electron chi connectivity index (χ2n) is 1.80. The number of nitrogens with zero attached hydrogens (tertiary/aromatic N) is 1. The lowest BCUT2D eigenvalue weighted by atomic mass is 10.5. The Labute approximate surface area is 57.8 Å². The molecule has 0 aliphatic heterocycles. The minimum atomic E-state index is -0.303. The first-order valence-corrected chi connectivity index (χ1v) is 2.93. The third kappa shape index (κ3) is 1.36. The molecule has 0 spiro atoms. The molecular formula is C6H6FNS. The third-order valence-electron chi connectivity index (χ3n) is 1.06. The fraction of sp³-hybridized carbons (Fsp3) is 0.167. The van der Waals surface area contributed by atoms with Gasteiger partial charge in [-0.15, -0.1) is 0 Å². The molecule has 1 nitrogen and oxygen atoms in total. The standard InChI is InChI=1S/C6H6FNS/c1-8-3-2-5(9)4-6(8)7/h2-4H,1H3. The van der Waals surface area contributed by atoms with Crippen molar-refractivity contribution in [2.75, 3.05) is 0 Å². The van der Waals surface area contributed by atoms with Crippen LogP contribution >= 0.6 is 12.2 Å². The van der Waals surface area contributed by atoms with Crippen LogP contribution in [-0.2, 0) is 7.05 Å². The molecule has 0 bridgehead atoms. The summed E-state index contributed by atoms with van der Waals surface area (Å²) in [6.45, 7) is 0. The van der Waals surface area contributed by atoms with Gasteiger partial charge in [0, 0.05) is 23.8 Å². The lowest BCUT2D eigenvalue weighted by molar-refractivity contribution is 0.523. The third-order valence-corrected chi connectivity index (χ3v) is 1.31. The first-order chi connectivity index (χ1) is 4.20. The van der Waals surface area contributed by atoms with Crippen molar-refractivity contribution in [2.24, 2.45) is 7.05 Å². The van der Waals surface area contributed by atoms with E-state index in [-0.39, 0.29) is 5.95 Å². The van der Waals surface area contributed by atoms with E-state index in [1.807, 2.05) is 0 Å². The van der Waals surface area contributed by atoms with Gasteiger partial charge in [-0.3, -0.25) is 0 Å². The summed E-state index contributed by atoms with van der Waals surface area (Å²) >= 11 is 4.71. The van der Waals surface area contributed by atoms with E-state index in [4.69, 9.17) is 12.2 Å². The SMILES string of the molecule is Cn1ccc(=S)cc1F. The Kier molecular flexibility index (Phi) is 1.62. The largest absolute Gasteiger partial charge is 0.328 e. The molecular weight excluding hydrogens is 137 g/mol. The molecule has 1 aromatic heterocycles. The van der Waals surface area contributed by atoms with E-state index < -0.39 is 0 Å². The monoisotopic (exact) mass is 143 g/mol. The average Bonchev–Trinajstić information content (AvgIpc) is 1.80. The van der Waals surface area contributed by atoms with Crippen molar-refractivity contribution in [1.82, 2.24) is 4.57 Å². The topological polar surface area (TPSA) is 4.93 Å². The maximum atomic E-state index is 12.5. The van der Waals surface area contributed by atoms with Crippen LogP contribution in [0.15, 0.2) is 18.3 Å². The number of pyridine rings is 1. The van der Waals surface area contributed by atoms with E-state index in [2.05, 4.69) is 0 Å². The molecule has 1 rings (SSSR count). The minimum absolute atomic E-state index is 0.303. The maximum absolute atomic E-state index is 12.5. The maximum Gasteiger partial charge on any atom is 0.194 e. The van der Waals surface area contributed by atoms with Gasteiger partial charge in [-0.2, -0.15) is 4.39 Å². The van der Waals surface area contributed by atoms with Gasteiger partial charge in [0.15, 0.2) is 5.95 Å². The van der Waals surface area contributed by atoms with Gasteiger partial charge in [0.05, 0.1) is 0 Å². The number of aromatic nitrogens is 1. The van der Waals surface area contributed by atoms with Crippen molar-refractivity contribution >= 4 is 12.2 Å². The Balaban J connectivity index is 3.34. The number of hydrogen-bond acceptors (Lipinski definition) is 1. The van der Waals surface area contributed by atoms with Gasteiger partial charge in [-0.1, -0.05) is 12.2 Å². The van der Waals surface area contributed by atoms with Crippen LogP contribution in [0, 0.1) is 10.5 Å². The zero-order chi connectivity index (χ0) is 6.85. The van der Waals surface area contributed by atoms with E-state index in [0.717, 1.165) is 0 Å². The molecule has 0 fully saturated rings. The highest BCUT2D eigenvalue weighted by atomic mass is 32.1. The molecule has 0 saturated heterocycles. The van der Waals surface area contributed by atoms with Crippen LogP contribution in [0.1, 0.15) is 0 Å². The molecule has 0 unspecified atom stereocenters. The smallest absolute Gasteiger partial charge is 0.194 e. The summed E-state index contributed by atoms with van der Waals surface area (Å²) in [6, 6.07) is 2.99. The summed E-state index contributed by atoms with van der Waals surface area (Å²) in [6.07, 6.45) is 1.59. The normalized spacial score (nSPS) is 9.56. The van der Waals surface area contributed by atoms with Crippen LogP contribution in [-0.4, -0.2) is 4.57 Å². The summed E-state index contributed by atoms with van der Waals surface area (Å²) < 4.78 is 14.4. The van der Waals surface area contributed by atoms with Gasteiger partial charge in [0.2, 0.25) is 0 Å². The molecule has 1 heterocycles. The van der Waals surface area contributed by atoms with E-state index in [9.17, 15) is 4.39 Å². The number of halogens is 1. The van der Waals surface area contributed by atoms with E-state index in [1.54, 1.807) is 19.3 Å². The van der Waals surface area contributed by atoms with E-state index >= 15 is 0 Å². The van der Waals surface area contributed by atoms with Gasteiger partial charge >= 0.3 is 0 Å². The van der Waals surface area contributed by atoms with Crippen molar-refractivity contribution < 1.29 is 4.39 Å². The average molecular weight is 143 g/mol. The summed E-state index contributed by atoms with van der Waals surface area (Å²) in [4.78, 5) is 0. The van der Waals surface area contributed by atoms with Crippen LogP contribution in [0.3, 0.4) is 0 Å². The van der Waals surface area contributed by atoms with Gasteiger partial charge in [-0.25, -0.2) is 0 Å². The molecule has 0 aliphatic rings. The first-order valence-electron chi connectivity index (χ1n) is 2.52. The van der Waals surface area contributed by atoms with Crippen molar-refractivity contribution in [3.05, 3.63) is 28.8 Å². The molecule has 48 valence electrons. The second-order valence-corrected chi connectivity index (χ2v) is 2.27. The zero-order valence-electron chi connectivity index (χ0n) is 4.97. The molecule has 0 amide bonds. The Morgan fingerprint density at radius 1 is 1.67 bits per heavy atom. The molecule has 0 saturated carbocycles. The molecule has 0 radical (unpaired) electrons. The first kappa shape index (κ1) is 6.42. The minimum Gasteiger partial charge on any atom is -0.328 e. The molecule has 1 aromatic rings. The number of rotatable bonds is 0. The summed E-state index contributed by atoms with van der Waals surface area (Å²) in [5, 5.41) is 0. The van der Waals surface area contributed by atoms with Gasteiger partial charge < -0.3 is 4.57 Å². The summed E-state index contributed by atoms with van der Waals surface area (Å²) in [7, 11) is 1.63. The quantitative estimate of drug-likeness (QED) is 0.396. The van der Waals surface area contributed by atoms with Gasteiger partial charge in [0.1, 0.15) is 0 Å². The van der Waals surface area contributed by atoms with Crippen molar-refractivity contribution in [3.63, 3.8) is 0 Å². The van der Waals surface area contributed by atoms with E-state index in [1.165, 1.54) is 10.6 Å². The van der Waals surface area contributed by atoms with Crippen LogP contribution in [0.5, 0.6) is 0 Å². The lowest BCUT2D eigenvalue weighted by Crippen LogP contribution is -1.94. The molecule has 9 heavy (non-hydrogen) atoms. The Morgan fingerprint density at radius 2 is 2.33 bits per heavy atom. The van der Waals surface area contributed by atoms with Crippen molar-refractivity contribution in [2.45, 2.75) is 0 Å². The highest BCUT2D eigenvalue weighted by Gasteiger charge is 1.88. The Hall–Kier alpha value is -0.700. The Bertz CT molecular complexity index is 266. The molecule has 0 aliphatic carbocycles. The van der Waals surface area contributed by atoms with Crippen LogP contribution in [0.25, 0.3) is 0 Å². The van der Waals surface area contributed by atoms with Gasteiger partial charge in [0.25, 0.3) is 0 Å².